The van der Waals surface area contributed by atoms with E-state index in [4.69, 9.17) is 0 Å². The van der Waals surface area contributed by atoms with Crippen LogP contribution in [0.3, 0.4) is 0 Å². The number of piperazine rings is 1. The van der Waals surface area contributed by atoms with Gasteiger partial charge in [-0.15, -0.1) is 11.8 Å². The maximum atomic E-state index is 4.01. The Kier molecular flexibility index (Phi) is 5.66. The molecule has 0 amide bonds. The normalized spacial score (nSPS) is 33.9. The van der Waals surface area contributed by atoms with Crippen LogP contribution in [0.1, 0.15) is 32.1 Å². The number of hydrogen-bond donors (Lipinski definition) is 0. The Labute approximate surface area is 164 Å². The first-order valence-electron chi connectivity index (χ1n) is 10.6. The lowest BCUT2D eigenvalue weighted by atomic mass is 9.82. The van der Waals surface area contributed by atoms with Gasteiger partial charge in [-0.2, -0.15) is 0 Å². The summed E-state index contributed by atoms with van der Waals surface area (Å²) < 4.78 is 1.42. The van der Waals surface area contributed by atoms with Gasteiger partial charge in [-0.05, 0) is 36.5 Å². The maximum Gasteiger partial charge on any atom is 0.0965 e. The lowest BCUT2D eigenvalue weighted by Crippen LogP contribution is -2.58. The molecule has 2 heterocycles. The molecule has 0 radical (unpaired) electrons. The average Bonchev–Trinajstić information content (AvgIpc) is 3.04. The topological polar surface area (TPSA) is 3.24 Å². The molecule has 0 aromatic carbocycles. The van der Waals surface area contributed by atoms with E-state index in [1.54, 1.807) is 0 Å². The van der Waals surface area contributed by atoms with E-state index in [1.165, 1.54) is 80.0 Å². The van der Waals surface area contributed by atoms with E-state index < -0.39 is 0 Å². The number of thioether (sulfide) groups is 1. The summed E-state index contributed by atoms with van der Waals surface area (Å²) in [4.78, 5) is 4.18. The zero-order valence-electron chi connectivity index (χ0n) is 16.4. The van der Waals surface area contributed by atoms with Gasteiger partial charge in [0, 0.05) is 23.5 Å². The van der Waals surface area contributed by atoms with Crippen LogP contribution in [0.15, 0.2) is 47.6 Å². The van der Waals surface area contributed by atoms with E-state index in [0.717, 1.165) is 18.3 Å². The van der Waals surface area contributed by atoms with Gasteiger partial charge < -0.3 is 9.38 Å². The summed E-state index contributed by atoms with van der Waals surface area (Å²) in [6, 6.07) is 0. The largest absolute Gasteiger partial charge is 0.363 e. The first-order valence-corrected chi connectivity index (χ1v) is 11.8. The van der Waals surface area contributed by atoms with Crippen molar-refractivity contribution in [1.29, 1.82) is 0 Å². The Balaban J connectivity index is 1.44. The molecule has 2 nitrogen and oxygen atoms in total. The van der Waals surface area contributed by atoms with Crippen LogP contribution in [-0.2, 0) is 0 Å². The number of fused-ring (bicyclic) bond motifs is 1. The monoisotopic (exact) mass is 371 g/mol. The highest BCUT2D eigenvalue weighted by Crippen LogP contribution is 2.42. The zero-order chi connectivity index (χ0) is 18.0. The number of nitrogens with zero attached hydrogens (tertiary/aromatic N) is 2. The summed E-state index contributed by atoms with van der Waals surface area (Å²) >= 11 is 1.91. The molecule has 1 spiro atoms. The molecule has 3 fully saturated rings. The van der Waals surface area contributed by atoms with Crippen molar-refractivity contribution in [2.75, 3.05) is 45.5 Å². The molecule has 2 saturated heterocycles. The van der Waals surface area contributed by atoms with Crippen molar-refractivity contribution in [1.82, 2.24) is 4.90 Å². The summed E-state index contributed by atoms with van der Waals surface area (Å²) in [7, 11) is 0. The molecule has 3 atom stereocenters. The number of rotatable bonds is 4. The van der Waals surface area contributed by atoms with Gasteiger partial charge in [-0.25, -0.2) is 0 Å². The second-order valence-corrected chi connectivity index (χ2v) is 9.64. The standard InChI is InChI=1S/C23H35N2S/c1-3-8-22(21-11-6-7-12-23(21)26-2)24-13-15-25(16-14-24)17-19-9-4-5-10-20(19)18-25/h3,6-8,12,19-21H,1,4-5,9-11,13-18H2,2H3/q+1. The number of allylic oxidation sites excluding steroid dienone is 6. The smallest absolute Gasteiger partial charge is 0.0965 e. The predicted molar refractivity (Wildman–Crippen MR) is 114 cm³/mol. The van der Waals surface area contributed by atoms with Crippen LogP contribution in [0.25, 0.3) is 0 Å². The molecule has 0 aromatic rings. The summed E-state index contributed by atoms with van der Waals surface area (Å²) in [6.45, 7) is 12.1. The first kappa shape index (κ1) is 18.4. The van der Waals surface area contributed by atoms with E-state index in [0.29, 0.717) is 5.92 Å². The average molecular weight is 372 g/mol. The SMILES string of the molecule is C=CC=C(C1CC=CC=C1SC)N1CC[N+]2(CC1)CC1CCCCC1C2. The quantitative estimate of drug-likeness (QED) is 0.514. The van der Waals surface area contributed by atoms with E-state index in [1.807, 2.05) is 17.8 Å². The highest BCUT2D eigenvalue weighted by Gasteiger charge is 2.47. The summed E-state index contributed by atoms with van der Waals surface area (Å²) in [5.74, 6) is 2.60. The summed E-state index contributed by atoms with van der Waals surface area (Å²) in [5.41, 5.74) is 1.50. The molecule has 4 aliphatic rings. The maximum absolute atomic E-state index is 4.01. The number of quaternary nitrogens is 1. The third kappa shape index (κ3) is 3.57. The fraction of sp³-hybridized carbons (Fsp3) is 0.652. The Morgan fingerprint density at radius 1 is 1.19 bits per heavy atom. The molecule has 26 heavy (non-hydrogen) atoms. The Hall–Kier alpha value is -0.930. The molecule has 0 N–H and O–H groups in total. The second-order valence-electron chi connectivity index (χ2n) is 8.76. The van der Waals surface area contributed by atoms with Gasteiger partial charge in [-0.3, -0.25) is 0 Å². The van der Waals surface area contributed by atoms with E-state index >= 15 is 0 Å². The van der Waals surface area contributed by atoms with Crippen LogP contribution in [0.2, 0.25) is 0 Å². The summed E-state index contributed by atoms with van der Waals surface area (Å²) in [5, 5.41) is 0. The molecule has 1 saturated carbocycles. The van der Waals surface area contributed by atoms with Gasteiger partial charge in [0.2, 0.25) is 0 Å². The highest BCUT2D eigenvalue weighted by molar-refractivity contribution is 8.02. The van der Waals surface area contributed by atoms with E-state index in [2.05, 4.69) is 42.0 Å². The minimum atomic E-state index is 0.528. The van der Waals surface area contributed by atoms with Gasteiger partial charge in [0.25, 0.3) is 0 Å². The lowest BCUT2D eigenvalue weighted by molar-refractivity contribution is -0.923. The van der Waals surface area contributed by atoms with Crippen LogP contribution in [0.4, 0.5) is 0 Å². The Morgan fingerprint density at radius 3 is 2.50 bits per heavy atom. The minimum absolute atomic E-state index is 0.528. The van der Waals surface area contributed by atoms with Crippen molar-refractivity contribution in [2.24, 2.45) is 17.8 Å². The van der Waals surface area contributed by atoms with Gasteiger partial charge >= 0.3 is 0 Å². The van der Waals surface area contributed by atoms with Crippen molar-refractivity contribution < 1.29 is 4.48 Å². The fourth-order valence-electron chi connectivity index (χ4n) is 6.00. The third-order valence-corrected chi connectivity index (χ3v) is 8.25. The molecule has 142 valence electrons. The van der Waals surface area contributed by atoms with Gasteiger partial charge in [0.05, 0.1) is 39.3 Å². The van der Waals surface area contributed by atoms with Crippen LogP contribution in [0.5, 0.6) is 0 Å². The summed E-state index contributed by atoms with van der Waals surface area (Å²) in [6.07, 6.45) is 20.5. The van der Waals surface area contributed by atoms with Crippen molar-refractivity contribution in [3.8, 4) is 0 Å². The molecule has 3 heteroatoms. The molecule has 0 bridgehead atoms. The molecule has 2 aliphatic heterocycles. The minimum Gasteiger partial charge on any atom is -0.363 e. The molecular weight excluding hydrogens is 336 g/mol. The molecule has 2 aliphatic carbocycles. The van der Waals surface area contributed by atoms with Crippen molar-refractivity contribution in [2.45, 2.75) is 32.1 Å². The second kappa shape index (κ2) is 7.98. The molecular formula is C23H35N2S+. The van der Waals surface area contributed by atoms with Gasteiger partial charge in [0.1, 0.15) is 0 Å². The molecule has 3 unspecified atom stereocenters. The van der Waals surface area contributed by atoms with Crippen molar-refractivity contribution >= 4 is 11.8 Å². The van der Waals surface area contributed by atoms with Crippen molar-refractivity contribution in [3.63, 3.8) is 0 Å². The third-order valence-electron chi connectivity index (χ3n) is 7.36. The number of hydrogen-bond acceptors (Lipinski definition) is 2. The van der Waals surface area contributed by atoms with Crippen LogP contribution < -0.4 is 0 Å². The lowest BCUT2D eigenvalue weighted by Gasteiger charge is -2.45. The van der Waals surface area contributed by atoms with E-state index in [-0.39, 0.29) is 0 Å². The molecule has 0 aromatic heterocycles. The van der Waals surface area contributed by atoms with Gasteiger partial charge in [-0.1, -0.05) is 43.7 Å². The highest BCUT2D eigenvalue weighted by atomic mass is 32.2. The molecule has 4 rings (SSSR count). The van der Waals surface area contributed by atoms with Crippen LogP contribution >= 0.6 is 11.8 Å². The fourth-order valence-corrected chi connectivity index (χ4v) is 6.71. The Morgan fingerprint density at radius 2 is 1.88 bits per heavy atom. The van der Waals surface area contributed by atoms with Crippen LogP contribution in [-0.4, -0.2) is 54.9 Å². The first-order chi connectivity index (χ1) is 12.7. The van der Waals surface area contributed by atoms with Crippen molar-refractivity contribution in [3.05, 3.63) is 47.6 Å². The van der Waals surface area contributed by atoms with Crippen LogP contribution in [0, 0.1) is 17.8 Å². The predicted octanol–water partition coefficient (Wildman–Crippen LogP) is 4.83. The zero-order valence-corrected chi connectivity index (χ0v) is 17.2. The van der Waals surface area contributed by atoms with E-state index in [9.17, 15) is 0 Å². The Bertz CT molecular complexity index is 594. The van der Waals surface area contributed by atoms with Gasteiger partial charge in [0.15, 0.2) is 0 Å².